The molecule has 2 aromatic rings. The van der Waals surface area contributed by atoms with Crippen LogP contribution in [0.1, 0.15) is 43.5 Å². The number of amides is 1. The van der Waals surface area contributed by atoms with Crippen molar-refractivity contribution in [1.82, 2.24) is 4.98 Å². The van der Waals surface area contributed by atoms with Crippen molar-refractivity contribution in [2.24, 2.45) is 11.7 Å². The maximum absolute atomic E-state index is 12.4. The van der Waals surface area contributed by atoms with E-state index in [1.54, 1.807) is 0 Å². The first-order valence-electron chi connectivity index (χ1n) is 8.19. The number of aromatic nitrogens is 1. The van der Waals surface area contributed by atoms with Crippen molar-refractivity contribution in [3.8, 4) is 11.3 Å². The van der Waals surface area contributed by atoms with Crippen LogP contribution < -0.4 is 11.1 Å². The van der Waals surface area contributed by atoms with E-state index in [0.717, 1.165) is 47.5 Å². The number of nitrogens with one attached hydrogen (secondary N) is 1. The second kappa shape index (κ2) is 6.50. The fourth-order valence-corrected chi connectivity index (χ4v) is 2.99. The SMILES string of the molecule is Cc1ccc2c(n1)-c1cccc(c1)C(N)CCCC(C)C(=O)N2. The van der Waals surface area contributed by atoms with Crippen LogP contribution in [0, 0.1) is 12.8 Å². The predicted octanol–water partition coefficient (Wildman–Crippen LogP) is 3.82. The molecule has 3 N–H and O–H groups in total. The molecule has 1 amide bonds. The summed E-state index contributed by atoms with van der Waals surface area (Å²) < 4.78 is 0. The molecule has 2 bridgehead atoms. The van der Waals surface area contributed by atoms with Crippen molar-refractivity contribution in [1.29, 1.82) is 0 Å². The van der Waals surface area contributed by atoms with Gasteiger partial charge in [-0.25, -0.2) is 0 Å². The maximum Gasteiger partial charge on any atom is 0.227 e. The van der Waals surface area contributed by atoms with Gasteiger partial charge in [-0.05, 0) is 43.5 Å². The smallest absolute Gasteiger partial charge is 0.227 e. The number of hydrogen-bond donors (Lipinski definition) is 2. The van der Waals surface area contributed by atoms with Crippen molar-refractivity contribution >= 4 is 11.6 Å². The van der Waals surface area contributed by atoms with Crippen molar-refractivity contribution in [2.75, 3.05) is 5.32 Å². The Morgan fingerprint density at radius 1 is 1.22 bits per heavy atom. The first-order valence-corrected chi connectivity index (χ1v) is 8.19. The molecule has 1 aliphatic rings. The lowest BCUT2D eigenvalue weighted by Crippen LogP contribution is -2.22. The van der Waals surface area contributed by atoms with Gasteiger partial charge in [-0.2, -0.15) is 0 Å². The lowest BCUT2D eigenvalue weighted by atomic mass is 9.94. The van der Waals surface area contributed by atoms with Gasteiger partial charge in [0, 0.05) is 23.2 Å². The van der Waals surface area contributed by atoms with E-state index in [2.05, 4.69) is 22.4 Å². The van der Waals surface area contributed by atoms with E-state index < -0.39 is 0 Å². The Morgan fingerprint density at radius 2 is 2.04 bits per heavy atom. The number of rotatable bonds is 0. The third kappa shape index (κ3) is 3.42. The van der Waals surface area contributed by atoms with Gasteiger partial charge in [-0.3, -0.25) is 9.78 Å². The maximum atomic E-state index is 12.4. The number of hydrogen-bond acceptors (Lipinski definition) is 3. The van der Waals surface area contributed by atoms with Crippen LogP contribution in [0.3, 0.4) is 0 Å². The average Bonchev–Trinajstić information content (AvgIpc) is 2.55. The van der Waals surface area contributed by atoms with E-state index in [9.17, 15) is 4.79 Å². The zero-order valence-corrected chi connectivity index (χ0v) is 13.7. The number of aryl methyl sites for hydroxylation is 1. The second-order valence-corrected chi connectivity index (χ2v) is 6.40. The topological polar surface area (TPSA) is 68.0 Å². The summed E-state index contributed by atoms with van der Waals surface area (Å²) in [6.45, 7) is 3.92. The van der Waals surface area contributed by atoms with Gasteiger partial charge < -0.3 is 11.1 Å². The standard InChI is InChI=1S/C19H23N3O/c1-12-5-3-8-16(20)14-6-4-7-15(11-14)18-17(22-19(12)23)10-9-13(2)21-18/h4,6-7,9-12,16H,3,5,8,20H2,1-2H3,(H,22,23). The molecule has 2 unspecified atom stereocenters. The summed E-state index contributed by atoms with van der Waals surface area (Å²) >= 11 is 0. The first-order chi connectivity index (χ1) is 11.0. The van der Waals surface area contributed by atoms with Crippen LogP contribution in [-0.2, 0) is 4.79 Å². The normalized spacial score (nSPS) is 21.6. The van der Waals surface area contributed by atoms with E-state index in [4.69, 9.17) is 5.73 Å². The van der Waals surface area contributed by atoms with Crippen LogP contribution in [-0.4, -0.2) is 10.9 Å². The Balaban J connectivity index is 2.12. The van der Waals surface area contributed by atoms with Gasteiger partial charge >= 0.3 is 0 Å². The van der Waals surface area contributed by atoms with Crippen LogP contribution in [0.2, 0.25) is 0 Å². The number of pyridine rings is 1. The number of carbonyl (C=O) groups is 1. The summed E-state index contributed by atoms with van der Waals surface area (Å²) in [5.41, 5.74) is 10.9. The van der Waals surface area contributed by atoms with Crippen molar-refractivity contribution in [3.05, 3.63) is 47.7 Å². The van der Waals surface area contributed by atoms with Crippen LogP contribution >= 0.6 is 0 Å². The number of nitrogens with zero attached hydrogens (tertiary/aromatic N) is 1. The molecule has 0 aliphatic carbocycles. The summed E-state index contributed by atoms with van der Waals surface area (Å²) in [4.78, 5) is 17.1. The van der Waals surface area contributed by atoms with Gasteiger partial charge in [0.25, 0.3) is 0 Å². The number of benzene rings is 1. The van der Waals surface area contributed by atoms with Gasteiger partial charge in [0.1, 0.15) is 0 Å². The molecule has 4 heteroatoms. The molecule has 1 aromatic heterocycles. The van der Waals surface area contributed by atoms with Crippen molar-refractivity contribution < 1.29 is 4.79 Å². The highest BCUT2D eigenvalue weighted by molar-refractivity contribution is 5.95. The van der Waals surface area contributed by atoms with Gasteiger partial charge in [0.05, 0.1) is 11.4 Å². The Bertz CT molecular complexity index is 726. The fraction of sp³-hybridized carbons (Fsp3) is 0.368. The number of fused-ring (bicyclic) bond motifs is 4. The summed E-state index contributed by atoms with van der Waals surface area (Å²) in [6.07, 6.45) is 2.67. The van der Waals surface area contributed by atoms with Gasteiger partial charge in [-0.15, -0.1) is 0 Å². The molecule has 1 aromatic carbocycles. The number of carbonyl (C=O) groups excluding carboxylic acids is 1. The minimum atomic E-state index is -0.0332. The predicted molar refractivity (Wildman–Crippen MR) is 93.0 cm³/mol. The molecule has 1 aliphatic heterocycles. The summed E-state index contributed by atoms with van der Waals surface area (Å²) in [6, 6.07) is 12.0. The number of nitrogens with two attached hydrogens (primary N) is 1. The summed E-state index contributed by atoms with van der Waals surface area (Å²) in [5, 5.41) is 3.04. The van der Waals surface area contributed by atoms with E-state index in [0.29, 0.717) is 0 Å². The molecular formula is C19H23N3O. The molecule has 2 heterocycles. The van der Waals surface area contributed by atoms with Crippen LogP contribution in [0.4, 0.5) is 5.69 Å². The van der Waals surface area contributed by atoms with Crippen molar-refractivity contribution in [2.45, 2.75) is 39.2 Å². The minimum absolute atomic E-state index is 0.00195. The Morgan fingerprint density at radius 3 is 2.87 bits per heavy atom. The molecule has 0 saturated heterocycles. The highest BCUT2D eigenvalue weighted by Crippen LogP contribution is 2.30. The van der Waals surface area contributed by atoms with Gasteiger partial charge in [0.15, 0.2) is 0 Å². The molecule has 0 saturated carbocycles. The minimum Gasteiger partial charge on any atom is -0.324 e. The van der Waals surface area contributed by atoms with E-state index in [1.807, 2.05) is 38.1 Å². The summed E-state index contributed by atoms with van der Waals surface area (Å²) in [5.74, 6) is 0.0105. The lowest BCUT2D eigenvalue weighted by Gasteiger charge is -2.19. The highest BCUT2D eigenvalue weighted by Gasteiger charge is 2.18. The van der Waals surface area contributed by atoms with Crippen LogP contribution in [0.15, 0.2) is 36.4 Å². The van der Waals surface area contributed by atoms with E-state index in [1.165, 1.54) is 0 Å². The van der Waals surface area contributed by atoms with Gasteiger partial charge in [-0.1, -0.05) is 31.5 Å². The molecule has 4 nitrogen and oxygen atoms in total. The van der Waals surface area contributed by atoms with Crippen LogP contribution in [0.25, 0.3) is 11.3 Å². The van der Waals surface area contributed by atoms with Crippen molar-refractivity contribution in [3.63, 3.8) is 0 Å². The molecule has 0 radical (unpaired) electrons. The van der Waals surface area contributed by atoms with Crippen LogP contribution in [0.5, 0.6) is 0 Å². The molecule has 120 valence electrons. The summed E-state index contributed by atoms with van der Waals surface area (Å²) in [7, 11) is 0. The third-order valence-electron chi connectivity index (χ3n) is 4.48. The highest BCUT2D eigenvalue weighted by atomic mass is 16.1. The zero-order valence-electron chi connectivity index (χ0n) is 13.7. The molecule has 0 fully saturated rings. The Labute approximate surface area is 137 Å². The average molecular weight is 309 g/mol. The molecule has 23 heavy (non-hydrogen) atoms. The largest absolute Gasteiger partial charge is 0.324 e. The molecular weight excluding hydrogens is 286 g/mol. The van der Waals surface area contributed by atoms with E-state index >= 15 is 0 Å². The Hall–Kier alpha value is -2.20. The molecule has 2 atom stereocenters. The second-order valence-electron chi connectivity index (χ2n) is 6.40. The first kappa shape index (κ1) is 15.7. The fourth-order valence-electron chi connectivity index (χ4n) is 2.99. The third-order valence-corrected chi connectivity index (χ3v) is 4.48. The van der Waals surface area contributed by atoms with Gasteiger partial charge in [0.2, 0.25) is 5.91 Å². The van der Waals surface area contributed by atoms with E-state index in [-0.39, 0.29) is 17.9 Å². The molecule has 3 rings (SSSR count). The Kier molecular flexibility index (Phi) is 4.44. The quantitative estimate of drug-likeness (QED) is 0.777. The molecule has 0 spiro atoms. The number of anilines is 1. The monoisotopic (exact) mass is 309 g/mol. The lowest BCUT2D eigenvalue weighted by molar-refractivity contribution is -0.119. The zero-order chi connectivity index (χ0) is 16.4.